The molecule has 24 heavy (non-hydrogen) atoms. The van der Waals surface area contributed by atoms with E-state index in [9.17, 15) is 4.79 Å². The monoisotopic (exact) mass is 363 g/mol. The maximum Gasteiger partial charge on any atom is 0.253 e. The fourth-order valence-corrected chi connectivity index (χ4v) is 2.93. The number of halogens is 1. The highest BCUT2D eigenvalue weighted by Crippen LogP contribution is 2.39. The average molecular weight is 364 g/mol. The summed E-state index contributed by atoms with van der Waals surface area (Å²) < 4.78 is 12.0. The van der Waals surface area contributed by atoms with Gasteiger partial charge in [0.15, 0.2) is 11.5 Å². The Kier molecular flexibility index (Phi) is 3.87. The minimum absolute atomic E-state index is 0.141. The number of nitrogens with zero attached hydrogens (tertiary/aromatic N) is 4. The molecule has 1 aromatic carbocycles. The number of aromatic nitrogens is 4. The van der Waals surface area contributed by atoms with Gasteiger partial charge in [-0.25, -0.2) is 9.50 Å². The number of anilines is 1. The van der Waals surface area contributed by atoms with E-state index in [1.54, 1.807) is 35.1 Å². The van der Waals surface area contributed by atoms with Gasteiger partial charge in [0.2, 0.25) is 17.9 Å². The molecule has 3 aromatic rings. The van der Waals surface area contributed by atoms with Crippen LogP contribution in [0.5, 0.6) is 11.5 Å². The minimum atomic E-state index is -0.229. The van der Waals surface area contributed by atoms with E-state index in [2.05, 4.69) is 20.4 Å². The number of thioether (sulfide) groups is 1. The van der Waals surface area contributed by atoms with E-state index in [-0.39, 0.29) is 18.5 Å². The number of fused-ring (bicyclic) bond motifs is 2. The zero-order valence-corrected chi connectivity index (χ0v) is 13.7. The SMILES string of the molecule is O=C(CSc1nc2ncccn2n1)Nc1cc2c(cc1Cl)OCO2. The number of amides is 1. The Bertz CT molecular complexity index is 899. The standard InChI is InChI=1S/C14H10ClN5O3S/c15-8-4-10-11(23-7-22-10)5-9(8)17-12(21)6-24-14-18-13-16-2-1-3-20(13)19-14/h1-5H,6-7H2,(H,17,21). The summed E-state index contributed by atoms with van der Waals surface area (Å²) in [4.78, 5) is 20.4. The average Bonchev–Trinajstić information content (AvgIpc) is 3.19. The molecule has 1 aliphatic rings. The van der Waals surface area contributed by atoms with Gasteiger partial charge < -0.3 is 14.8 Å². The van der Waals surface area contributed by atoms with Crippen molar-refractivity contribution in [2.45, 2.75) is 5.16 Å². The molecule has 0 saturated heterocycles. The van der Waals surface area contributed by atoms with E-state index in [0.29, 0.717) is 33.1 Å². The van der Waals surface area contributed by atoms with Crippen molar-refractivity contribution < 1.29 is 14.3 Å². The van der Waals surface area contributed by atoms with Crippen molar-refractivity contribution in [2.75, 3.05) is 17.9 Å². The molecular weight excluding hydrogens is 354 g/mol. The van der Waals surface area contributed by atoms with E-state index in [1.165, 1.54) is 11.8 Å². The molecule has 0 atom stereocenters. The van der Waals surface area contributed by atoms with Crippen molar-refractivity contribution in [3.05, 3.63) is 35.6 Å². The zero-order valence-electron chi connectivity index (χ0n) is 12.1. The Balaban J connectivity index is 1.41. The molecule has 4 rings (SSSR count). The molecular formula is C14H10ClN5O3S. The normalized spacial score (nSPS) is 12.5. The van der Waals surface area contributed by atoms with Crippen LogP contribution in [0.15, 0.2) is 35.7 Å². The number of rotatable bonds is 4. The van der Waals surface area contributed by atoms with Gasteiger partial charge in [0.1, 0.15) is 0 Å². The maximum absolute atomic E-state index is 12.1. The van der Waals surface area contributed by atoms with E-state index in [4.69, 9.17) is 21.1 Å². The van der Waals surface area contributed by atoms with Crippen molar-refractivity contribution >= 4 is 40.7 Å². The zero-order chi connectivity index (χ0) is 16.5. The number of benzene rings is 1. The van der Waals surface area contributed by atoms with E-state index < -0.39 is 0 Å². The molecule has 3 heterocycles. The molecule has 1 amide bonds. The van der Waals surface area contributed by atoms with Crippen LogP contribution >= 0.6 is 23.4 Å². The van der Waals surface area contributed by atoms with Gasteiger partial charge >= 0.3 is 0 Å². The Hall–Kier alpha value is -2.52. The lowest BCUT2D eigenvalue weighted by atomic mass is 10.2. The van der Waals surface area contributed by atoms with E-state index in [0.717, 1.165) is 0 Å². The van der Waals surface area contributed by atoms with Crippen molar-refractivity contribution in [3.63, 3.8) is 0 Å². The first-order chi connectivity index (χ1) is 11.7. The van der Waals surface area contributed by atoms with Crippen LogP contribution in [-0.2, 0) is 4.79 Å². The lowest BCUT2D eigenvalue weighted by Gasteiger charge is -2.07. The van der Waals surface area contributed by atoms with E-state index >= 15 is 0 Å². The molecule has 8 nitrogen and oxygen atoms in total. The van der Waals surface area contributed by atoms with Gasteiger partial charge in [0.25, 0.3) is 5.78 Å². The molecule has 0 aliphatic carbocycles. The third-order valence-corrected chi connectivity index (χ3v) is 4.32. The maximum atomic E-state index is 12.1. The third-order valence-electron chi connectivity index (χ3n) is 3.17. The second kappa shape index (κ2) is 6.17. The van der Waals surface area contributed by atoms with Gasteiger partial charge in [-0.1, -0.05) is 23.4 Å². The Morgan fingerprint density at radius 2 is 2.21 bits per heavy atom. The molecule has 0 fully saturated rings. The predicted molar refractivity (Wildman–Crippen MR) is 87.7 cm³/mol. The summed E-state index contributed by atoms with van der Waals surface area (Å²) >= 11 is 7.34. The molecule has 0 unspecified atom stereocenters. The van der Waals surface area contributed by atoms with E-state index in [1.807, 2.05) is 0 Å². The van der Waals surface area contributed by atoms with Gasteiger partial charge in [0, 0.05) is 24.5 Å². The number of carbonyl (C=O) groups is 1. The topological polar surface area (TPSA) is 90.6 Å². The Labute approximate surface area is 145 Å². The van der Waals surface area contributed by atoms with Crippen LogP contribution in [0, 0.1) is 0 Å². The molecule has 10 heteroatoms. The molecule has 0 bridgehead atoms. The number of ether oxygens (including phenoxy) is 2. The minimum Gasteiger partial charge on any atom is -0.454 e. The smallest absolute Gasteiger partial charge is 0.253 e. The molecule has 0 radical (unpaired) electrons. The summed E-state index contributed by atoms with van der Waals surface area (Å²) in [6, 6.07) is 5.01. The molecule has 122 valence electrons. The number of hydrogen-bond donors (Lipinski definition) is 1. The van der Waals surface area contributed by atoms with Crippen molar-refractivity contribution in [1.29, 1.82) is 0 Å². The fraction of sp³-hybridized carbons (Fsp3) is 0.143. The summed E-state index contributed by atoms with van der Waals surface area (Å²) in [6.45, 7) is 0.145. The van der Waals surface area contributed by atoms with Gasteiger partial charge in [-0.15, -0.1) is 5.10 Å². The highest BCUT2D eigenvalue weighted by Gasteiger charge is 2.18. The second-order valence-corrected chi connectivity index (χ2v) is 6.13. The molecule has 1 N–H and O–H groups in total. The number of hydrogen-bond acceptors (Lipinski definition) is 7. The van der Waals surface area contributed by atoms with Crippen LogP contribution < -0.4 is 14.8 Å². The summed E-state index contributed by atoms with van der Waals surface area (Å²) in [5, 5.41) is 7.81. The Morgan fingerprint density at radius 1 is 1.38 bits per heavy atom. The first-order valence-corrected chi connectivity index (χ1v) is 8.24. The largest absolute Gasteiger partial charge is 0.454 e. The lowest BCUT2D eigenvalue weighted by Crippen LogP contribution is -2.14. The highest BCUT2D eigenvalue weighted by atomic mass is 35.5. The van der Waals surface area contributed by atoms with Gasteiger partial charge in [0.05, 0.1) is 16.5 Å². The van der Waals surface area contributed by atoms with Crippen LogP contribution in [0.25, 0.3) is 5.78 Å². The molecule has 0 spiro atoms. The van der Waals surface area contributed by atoms with Crippen LogP contribution in [0.2, 0.25) is 5.02 Å². The number of carbonyl (C=O) groups excluding carboxylic acids is 1. The lowest BCUT2D eigenvalue weighted by molar-refractivity contribution is -0.113. The predicted octanol–water partition coefficient (Wildman–Crippen LogP) is 2.24. The summed E-state index contributed by atoms with van der Waals surface area (Å²) in [7, 11) is 0. The highest BCUT2D eigenvalue weighted by molar-refractivity contribution is 7.99. The summed E-state index contributed by atoms with van der Waals surface area (Å²) in [5.74, 6) is 1.51. The molecule has 2 aromatic heterocycles. The number of nitrogens with one attached hydrogen (secondary N) is 1. The van der Waals surface area contributed by atoms with Crippen LogP contribution in [0.1, 0.15) is 0 Å². The summed E-state index contributed by atoms with van der Waals surface area (Å²) in [6.07, 6.45) is 3.37. The molecule has 1 aliphatic heterocycles. The molecule has 0 saturated carbocycles. The second-order valence-electron chi connectivity index (χ2n) is 4.78. The first-order valence-electron chi connectivity index (χ1n) is 6.88. The van der Waals surface area contributed by atoms with Gasteiger partial charge in [-0.2, -0.15) is 4.98 Å². The van der Waals surface area contributed by atoms with Gasteiger partial charge in [-0.05, 0) is 6.07 Å². The van der Waals surface area contributed by atoms with Crippen LogP contribution in [0.3, 0.4) is 0 Å². The fourth-order valence-electron chi connectivity index (χ4n) is 2.10. The first kappa shape index (κ1) is 15.0. The quantitative estimate of drug-likeness (QED) is 0.711. The van der Waals surface area contributed by atoms with Crippen molar-refractivity contribution in [2.24, 2.45) is 0 Å². The third kappa shape index (κ3) is 2.95. The van der Waals surface area contributed by atoms with Crippen LogP contribution in [0.4, 0.5) is 5.69 Å². The van der Waals surface area contributed by atoms with Gasteiger partial charge in [-0.3, -0.25) is 4.79 Å². The Morgan fingerprint density at radius 3 is 3.04 bits per heavy atom. The van der Waals surface area contributed by atoms with Crippen molar-refractivity contribution in [3.8, 4) is 11.5 Å². The summed E-state index contributed by atoms with van der Waals surface area (Å²) in [5.41, 5.74) is 0.469. The van der Waals surface area contributed by atoms with Crippen molar-refractivity contribution in [1.82, 2.24) is 19.6 Å². The van der Waals surface area contributed by atoms with Crippen LogP contribution in [-0.4, -0.2) is 38.0 Å².